The molecule has 2 nitrogen and oxygen atoms in total. The third-order valence-corrected chi connectivity index (χ3v) is 10.2. The molecule has 6 rings (SSSR count). The lowest BCUT2D eigenvalue weighted by atomic mass is 9.86. The first kappa shape index (κ1) is 36.1. The normalized spacial score (nSPS) is 14.9. The minimum absolute atomic E-state index is 0.0842. The summed E-state index contributed by atoms with van der Waals surface area (Å²) in [6.45, 7) is 27.1. The molecule has 262 valence electrons. The van der Waals surface area contributed by atoms with E-state index in [4.69, 9.17) is 4.99 Å². The van der Waals surface area contributed by atoms with Gasteiger partial charge in [0.05, 0.1) is 11.4 Å². The van der Waals surface area contributed by atoms with Gasteiger partial charge in [-0.1, -0.05) is 180 Å². The van der Waals surface area contributed by atoms with Gasteiger partial charge in [0.2, 0.25) is 0 Å². The monoisotopic (exact) mass is 672 g/mol. The Morgan fingerprint density at radius 3 is 1.24 bits per heavy atom. The lowest BCUT2D eigenvalue weighted by Crippen LogP contribution is -2.11. The van der Waals surface area contributed by atoms with Crippen LogP contribution in [0, 0.1) is 0 Å². The molecular formula is C49H56N2. The van der Waals surface area contributed by atoms with Crippen LogP contribution in [0.15, 0.2) is 120 Å². The Morgan fingerprint density at radius 1 is 0.451 bits per heavy atom. The molecule has 0 amide bonds. The van der Waals surface area contributed by atoms with Gasteiger partial charge in [0.15, 0.2) is 0 Å². The molecule has 0 saturated heterocycles. The van der Waals surface area contributed by atoms with Crippen LogP contribution in [-0.4, -0.2) is 10.7 Å². The van der Waals surface area contributed by atoms with E-state index >= 15 is 0 Å². The zero-order valence-electron chi connectivity index (χ0n) is 32.9. The maximum Gasteiger partial charge on any atom is 0.0737 e. The SMILES string of the molecule is CC(C)(C)c1ccc(C2=CC(c3ccc(C(C)(C)C)cc3)=NC2=Cc2[nH]c(-c3ccc(C(C)(C)C)cc3)cc2-c2ccc(C(C)(C)C)cc2)cc1. The molecule has 5 aromatic rings. The van der Waals surface area contributed by atoms with Crippen LogP contribution >= 0.6 is 0 Å². The van der Waals surface area contributed by atoms with Crippen LogP contribution < -0.4 is 0 Å². The van der Waals surface area contributed by atoms with Crippen molar-refractivity contribution in [2.75, 3.05) is 0 Å². The molecule has 1 N–H and O–H groups in total. The Labute approximate surface area is 307 Å². The fourth-order valence-electron chi connectivity index (χ4n) is 6.63. The number of benzene rings is 4. The fraction of sp³-hybridized carbons (Fsp3) is 0.327. The Hall–Kier alpha value is -4.69. The molecule has 0 aliphatic carbocycles. The number of aliphatic imine (C=N–C) groups is 1. The molecule has 4 aromatic carbocycles. The first-order valence-electron chi connectivity index (χ1n) is 18.5. The van der Waals surface area contributed by atoms with Crippen molar-refractivity contribution in [2.45, 2.75) is 105 Å². The third-order valence-electron chi connectivity index (χ3n) is 10.2. The van der Waals surface area contributed by atoms with Gasteiger partial charge >= 0.3 is 0 Å². The second-order valence-electron chi connectivity index (χ2n) is 18.4. The van der Waals surface area contributed by atoms with Gasteiger partial charge in [0.1, 0.15) is 0 Å². The van der Waals surface area contributed by atoms with Crippen molar-refractivity contribution in [3.05, 3.63) is 154 Å². The lowest BCUT2D eigenvalue weighted by Gasteiger charge is -2.19. The number of hydrogen-bond donors (Lipinski definition) is 1. The average molecular weight is 673 g/mol. The summed E-state index contributed by atoms with van der Waals surface area (Å²) in [5.74, 6) is 0. The Kier molecular flexibility index (Phi) is 9.30. The van der Waals surface area contributed by atoms with Gasteiger partial charge in [-0.3, -0.25) is 0 Å². The van der Waals surface area contributed by atoms with E-state index in [1.807, 2.05) is 0 Å². The van der Waals surface area contributed by atoms with Gasteiger partial charge < -0.3 is 4.98 Å². The highest BCUT2D eigenvalue weighted by atomic mass is 14.8. The molecule has 1 aliphatic rings. The first-order chi connectivity index (χ1) is 23.8. The predicted molar refractivity (Wildman–Crippen MR) is 222 cm³/mol. The van der Waals surface area contributed by atoms with E-state index < -0.39 is 0 Å². The molecule has 1 aromatic heterocycles. The van der Waals surface area contributed by atoms with Crippen molar-refractivity contribution in [3.8, 4) is 22.4 Å². The summed E-state index contributed by atoms with van der Waals surface area (Å²) < 4.78 is 0. The van der Waals surface area contributed by atoms with Crippen molar-refractivity contribution in [3.63, 3.8) is 0 Å². The number of allylic oxidation sites excluding steroid dienone is 2. The smallest absolute Gasteiger partial charge is 0.0737 e. The average Bonchev–Trinajstić information content (AvgIpc) is 3.68. The molecule has 0 unspecified atom stereocenters. The minimum atomic E-state index is 0.0842. The van der Waals surface area contributed by atoms with Crippen molar-refractivity contribution in [1.29, 1.82) is 0 Å². The highest BCUT2D eigenvalue weighted by Gasteiger charge is 2.23. The summed E-state index contributed by atoms with van der Waals surface area (Å²) in [6.07, 6.45) is 4.51. The van der Waals surface area contributed by atoms with E-state index in [-0.39, 0.29) is 21.7 Å². The number of nitrogens with one attached hydrogen (secondary N) is 1. The van der Waals surface area contributed by atoms with Crippen LogP contribution in [0.1, 0.15) is 122 Å². The van der Waals surface area contributed by atoms with E-state index in [9.17, 15) is 0 Å². The van der Waals surface area contributed by atoms with Gasteiger partial charge in [-0.05, 0) is 78.8 Å². The molecule has 1 aliphatic heterocycles. The summed E-state index contributed by atoms with van der Waals surface area (Å²) in [4.78, 5) is 9.17. The highest BCUT2D eigenvalue weighted by Crippen LogP contribution is 2.38. The molecule has 0 bridgehead atoms. The second-order valence-corrected chi connectivity index (χ2v) is 18.4. The van der Waals surface area contributed by atoms with Crippen LogP contribution in [0.5, 0.6) is 0 Å². The number of hydrogen-bond acceptors (Lipinski definition) is 1. The maximum absolute atomic E-state index is 5.34. The lowest BCUT2D eigenvalue weighted by molar-refractivity contribution is 0.590. The molecular weight excluding hydrogens is 617 g/mol. The van der Waals surface area contributed by atoms with Crippen LogP contribution in [0.25, 0.3) is 34.0 Å². The Bertz CT molecular complexity index is 2100. The Morgan fingerprint density at radius 2 is 0.824 bits per heavy atom. The van der Waals surface area contributed by atoms with Crippen LogP contribution in [0.3, 0.4) is 0 Å². The Balaban J connectivity index is 1.50. The second kappa shape index (κ2) is 13.1. The quantitative estimate of drug-likeness (QED) is 0.192. The fourth-order valence-corrected chi connectivity index (χ4v) is 6.63. The third kappa shape index (κ3) is 7.96. The van der Waals surface area contributed by atoms with Crippen LogP contribution in [0.4, 0.5) is 0 Å². The topological polar surface area (TPSA) is 28.1 Å². The van der Waals surface area contributed by atoms with Crippen molar-refractivity contribution >= 4 is 17.4 Å². The summed E-state index contributed by atoms with van der Waals surface area (Å²) >= 11 is 0. The van der Waals surface area contributed by atoms with Gasteiger partial charge in [0.25, 0.3) is 0 Å². The molecule has 0 fully saturated rings. The van der Waals surface area contributed by atoms with Gasteiger partial charge in [-0.2, -0.15) is 0 Å². The standard InChI is InChI=1S/C49H56N2/c1-46(2,3)36-21-13-32(14-22-36)40-29-42(34-17-25-38(26-18-34)48(7,8)9)50-44(40)31-45-41(33-15-23-37(24-16-33)47(4,5)6)30-43(51-45)35-19-27-39(28-20-35)49(10,11)12/h13-31,50H,1-12H3. The van der Waals surface area contributed by atoms with Crippen LogP contribution in [0.2, 0.25) is 0 Å². The van der Waals surface area contributed by atoms with Crippen molar-refractivity contribution in [2.24, 2.45) is 4.99 Å². The van der Waals surface area contributed by atoms with Gasteiger partial charge in [0, 0.05) is 28.1 Å². The van der Waals surface area contributed by atoms with E-state index in [2.05, 4.69) is 203 Å². The number of aromatic amines is 1. The first-order valence-corrected chi connectivity index (χ1v) is 18.5. The van der Waals surface area contributed by atoms with Gasteiger partial charge in [-0.25, -0.2) is 4.99 Å². The van der Waals surface area contributed by atoms with Crippen LogP contribution in [-0.2, 0) is 21.7 Å². The molecule has 2 heterocycles. The minimum Gasteiger partial charge on any atom is -0.354 e. The molecule has 0 saturated carbocycles. The number of aromatic nitrogens is 1. The molecule has 51 heavy (non-hydrogen) atoms. The zero-order valence-corrected chi connectivity index (χ0v) is 32.9. The number of nitrogens with zero attached hydrogens (tertiary/aromatic N) is 1. The van der Waals surface area contributed by atoms with E-state index in [0.29, 0.717) is 0 Å². The molecule has 0 atom stereocenters. The van der Waals surface area contributed by atoms with Crippen molar-refractivity contribution < 1.29 is 0 Å². The molecule has 2 heteroatoms. The largest absolute Gasteiger partial charge is 0.354 e. The molecule has 0 spiro atoms. The summed E-state index contributed by atoms with van der Waals surface area (Å²) in [5, 5.41) is 0. The van der Waals surface area contributed by atoms with Crippen molar-refractivity contribution in [1.82, 2.24) is 4.98 Å². The van der Waals surface area contributed by atoms with E-state index in [1.54, 1.807) is 0 Å². The zero-order chi connectivity index (χ0) is 36.9. The maximum atomic E-state index is 5.34. The summed E-state index contributed by atoms with van der Waals surface area (Å²) in [6, 6.07) is 38.3. The highest BCUT2D eigenvalue weighted by molar-refractivity contribution is 6.18. The summed E-state index contributed by atoms with van der Waals surface area (Å²) in [5.41, 5.74) is 16.7. The summed E-state index contributed by atoms with van der Waals surface area (Å²) in [7, 11) is 0. The van der Waals surface area contributed by atoms with E-state index in [0.717, 1.165) is 33.9 Å². The van der Waals surface area contributed by atoms with Gasteiger partial charge in [-0.15, -0.1) is 0 Å². The number of H-pyrrole nitrogens is 1. The molecule has 0 radical (unpaired) electrons. The number of rotatable bonds is 5. The predicted octanol–water partition coefficient (Wildman–Crippen LogP) is 13.5. The van der Waals surface area contributed by atoms with E-state index in [1.165, 1.54) is 44.5 Å².